The standard InChI is InChI=1S/C29H40ClN3O4S/c1-21-16-17-22(2)27(19-21)33(38(4,36)37)18-10-15-28(34)32(20-24-11-8-9-14-26(24)30)23(3)29(35)31-25-12-6-5-7-13-25/h8-9,11,14,16-17,19,23,25H,5-7,10,12-13,15,18,20H2,1-4H3,(H,31,35). The van der Waals surface area contributed by atoms with Crippen molar-refractivity contribution in [2.24, 2.45) is 0 Å². The fourth-order valence-corrected chi connectivity index (χ4v) is 6.14. The highest BCUT2D eigenvalue weighted by Gasteiger charge is 2.29. The Hall–Kier alpha value is -2.58. The second kappa shape index (κ2) is 13.5. The van der Waals surface area contributed by atoms with E-state index in [9.17, 15) is 18.0 Å². The number of nitrogens with zero attached hydrogens (tertiary/aromatic N) is 2. The number of benzene rings is 2. The zero-order valence-corrected chi connectivity index (χ0v) is 24.4. The van der Waals surface area contributed by atoms with Crippen LogP contribution >= 0.6 is 11.6 Å². The lowest BCUT2D eigenvalue weighted by molar-refractivity contribution is -0.141. The normalized spacial score (nSPS) is 15.1. The lowest BCUT2D eigenvalue weighted by Crippen LogP contribution is -2.50. The second-order valence-corrected chi connectivity index (χ2v) is 12.7. The van der Waals surface area contributed by atoms with Crippen molar-refractivity contribution in [2.75, 3.05) is 17.1 Å². The third-order valence-corrected chi connectivity index (χ3v) is 8.75. The molecule has 0 saturated heterocycles. The van der Waals surface area contributed by atoms with Gasteiger partial charge in [0.05, 0.1) is 11.9 Å². The molecule has 0 aliphatic heterocycles. The predicted octanol–water partition coefficient (Wildman–Crippen LogP) is 5.37. The van der Waals surface area contributed by atoms with Crippen LogP contribution in [0.3, 0.4) is 0 Å². The Kier molecular flexibility index (Phi) is 10.6. The molecule has 0 radical (unpaired) electrons. The van der Waals surface area contributed by atoms with Gasteiger partial charge in [-0.2, -0.15) is 0 Å². The summed E-state index contributed by atoms with van der Waals surface area (Å²) in [5.74, 6) is -0.393. The maximum atomic E-state index is 13.5. The maximum absolute atomic E-state index is 13.5. The lowest BCUT2D eigenvalue weighted by atomic mass is 9.95. The van der Waals surface area contributed by atoms with Gasteiger partial charge in [0.2, 0.25) is 21.8 Å². The molecular formula is C29H40ClN3O4S. The van der Waals surface area contributed by atoms with Gasteiger partial charge in [0.1, 0.15) is 6.04 Å². The number of aryl methyl sites for hydroxylation is 2. The number of halogens is 1. The average molecular weight is 562 g/mol. The van der Waals surface area contributed by atoms with Gasteiger partial charge >= 0.3 is 0 Å². The summed E-state index contributed by atoms with van der Waals surface area (Å²) in [6, 6.07) is 12.4. The van der Waals surface area contributed by atoms with Crippen LogP contribution in [0.25, 0.3) is 0 Å². The molecule has 1 unspecified atom stereocenters. The molecule has 2 amide bonds. The number of hydrogen-bond donors (Lipinski definition) is 1. The molecule has 208 valence electrons. The van der Waals surface area contributed by atoms with E-state index in [0.29, 0.717) is 17.1 Å². The van der Waals surface area contributed by atoms with Crippen molar-refractivity contribution in [2.45, 2.75) is 84.3 Å². The molecule has 1 aliphatic rings. The second-order valence-electron chi connectivity index (χ2n) is 10.4. The van der Waals surface area contributed by atoms with Crippen molar-refractivity contribution in [3.05, 3.63) is 64.2 Å². The van der Waals surface area contributed by atoms with Crippen LogP contribution in [-0.2, 0) is 26.2 Å². The Morgan fingerprint density at radius 3 is 2.42 bits per heavy atom. The molecule has 1 atom stereocenters. The fraction of sp³-hybridized carbons (Fsp3) is 0.517. The number of nitrogens with one attached hydrogen (secondary N) is 1. The van der Waals surface area contributed by atoms with E-state index in [1.165, 1.54) is 17.0 Å². The Morgan fingerprint density at radius 1 is 1.08 bits per heavy atom. The molecule has 1 aliphatic carbocycles. The van der Waals surface area contributed by atoms with Crippen molar-refractivity contribution in [1.29, 1.82) is 0 Å². The average Bonchev–Trinajstić information content (AvgIpc) is 2.87. The molecule has 38 heavy (non-hydrogen) atoms. The SMILES string of the molecule is Cc1ccc(C)c(N(CCCC(=O)N(Cc2ccccc2Cl)C(C)C(=O)NC2CCCCC2)S(C)(=O)=O)c1. The van der Waals surface area contributed by atoms with Gasteiger partial charge in [0.15, 0.2) is 0 Å². The Labute approximate surface area is 232 Å². The Bertz CT molecular complexity index is 1230. The van der Waals surface area contributed by atoms with E-state index in [-0.39, 0.29) is 37.4 Å². The minimum Gasteiger partial charge on any atom is -0.352 e. The van der Waals surface area contributed by atoms with Gasteiger partial charge in [0, 0.05) is 30.6 Å². The molecule has 9 heteroatoms. The number of anilines is 1. The number of rotatable bonds is 11. The monoisotopic (exact) mass is 561 g/mol. The molecule has 1 fully saturated rings. The van der Waals surface area contributed by atoms with E-state index in [2.05, 4.69) is 5.32 Å². The lowest BCUT2D eigenvalue weighted by Gasteiger charge is -2.32. The van der Waals surface area contributed by atoms with E-state index >= 15 is 0 Å². The molecule has 7 nitrogen and oxygen atoms in total. The number of carbonyl (C=O) groups excluding carboxylic acids is 2. The molecule has 2 aromatic rings. The van der Waals surface area contributed by atoms with Gasteiger partial charge in [-0.25, -0.2) is 8.42 Å². The van der Waals surface area contributed by atoms with Crippen LogP contribution < -0.4 is 9.62 Å². The van der Waals surface area contributed by atoms with Crippen LogP contribution in [0.5, 0.6) is 0 Å². The van der Waals surface area contributed by atoms with Crippen molar-refractivity contribution in [1.82, 2.24) is 10.2 Å². The predicted molar refractivity (Wildman–Crippen MR) is 154 cm³/mol. The zero-order chi connectivity index (χ0) is 27.9. The smallest absolute Gasteiger partial charge is 0.242 e. The summed E-state index contributed by atoms with van der Waals surface area (Å²) in [5.41, 5.74) is 3.18. The Balaban J connectivity index is 1.75. The molecular weight excluding hydrogens is 522 g/mol. The van der Waals surface area contributed by atoms with Crippen LogP contribution in [0.1, 0.15) is 68.6 Å². The van der Waals surface area contributed by atoms with Crippen molar-refractivity contribution < 1.29 is 18.0 Å². The van der Waals surface area contributed by atoms with Crippen molar-refractivity contribution in [3.8, 4) is 0 Å². The van der Waals surface area contributed by atoms with Crippen molar-refractivity contribution >= 4 is 39.1 Å². The van der Waals surface area contributed by atoms with Gasteiger partial charge in [0.25, 0.3) is 0 Å². The molecule has 0 heterocycles. The molecule has 0 spiro atoms. The van der Waals surface area contributed by atoms with Gasteiger partial charge in [-0.3, -0.25) is 13.9 Å². The molecule has 0 aromatic heterocycles. The fourth-order valence-electron chi connectivity index (χ4n) is 4.93. The summed E-state index contributed by atoms with van der Waals surface area (Å²) in [6.45, 7) is 5.89. The first-order valence-corrected chi connectivity index (χ1v) is 15.6. The van der Waals surface area contributed by atoms with Crippen LogP contribution in [0, 0.1) is 13.8 Å². The summed E-state index contributed by atoms with van der Waals surface area (Å²) < 4.78 is 26.6. The van der Waals surface area contributed by atoms with Gasteiger partial charge in [-0.05, 0) is 68.9 Å². The topological polar surface area (TPSA) is 86.8 Å². The molecule has 3 rings (SSSR count). The molecule has 0 bridgehead atoms. The van der Waals surface area contributed by atoms with E-state index in [0.717, 1.165) is 42.4 Å². The minimum absolute atomic E-state index is 0.0996. The minimum atomic E-state index is -3.55. The summed E-state index contributed by atoms with van der Waals surface area (Å²) in [4.78, 5) is 28.3. The van der Waals surface area contributed by atoms with Crippen LogP contribution in [-0.4, -0.2) is 50.0 Å². The van der Waals surface area contributed by atoms with E-state index in [1.807, 2.05) is 50.2 Å². The number of amides is 2. The summed E-state index contributed by atoms with van der Waals surface area (Å²) in [7, 11) is -3.55. The van der Waals surface area contributed by atoms with Gasteiger partial charge < -0.3 is 10.2 Å². The van der Waals surface area contributed by atoms with Crippen LogP contribution in [0.4, 0.5) is 5.69 Å². The maximum Gasteiger partial charge on any atom is 0.242 e. The number of carbonyl (C=O) groups is 2. The third-order valence-electron chi connectivity index (χ3n) is 7.20. The number of sulfonamides is 1. The summed E-state index contributed by atoms with van der Waals surface area (Å²) in [6.07, 6.45) is 6.88. The first-order chi connectivity index (χ1) is 18.0. The quantitative estimate of drug-likeness (QED) is 0.399. The third kappa shape index (κ3) is 8.21. The molecule has 2 aromatic carbocycles. The highest BCUT2D eigenvalue weighted by atomic mass is 35.5. The first kappa shape index (κ1) is 30.0. The van der Waals surface area contributed by atoms with Crippen LogP contribution in [0.2, 0.25) is 5.02 Å². The molecule has 1 saturated carbocycles. The van der Waals surface area contributed by atoms with Crippen molar-refractivity contribution in [3.63, 3.8) is 0 Å². The van der Waals surface area contributed by atoms with Gasteiger partial charge in [-0.1, -0.05) is 61.2 Å². The van der Waals surface area contributed by atoms with E-state index < -0.39 is 16.1 Å². The highest BCUT2D eigenvalue weighted by molar-refractivity contribution is 7.92. The molecule has 1 N–H and O–H groups in total. The van der Waals surface area contributed by atoms with Gasteiger partial charge in [-0.15, -0.1) is 0 Å². The van der Waals surface area contributed by atoms with Crippen LogP contribution in [0.15, 0.2) is 42.5 Å². The summed E-state index contributed by atoms with van der Waals surface area (Å²) in [5, 5.41) is 3.66. The number of hydrogen-bond acceptors (Lipinski definition) is 4. The summed E-state index contributed by atoms with van der Waals surface area (Å²) >= 11 is 6.39. The largest absolute Gasteiger partial charge is 0.352 e. The van der Waals surface area contributed by atoms with E-state index in [4.69, 9.17) is 11.6 Å². The highest BCUT2D eigenvalue weighted by Crippen LogP contribution is 2.25. The first-order valence-electron chi connectivity index (χ1n) is 13.4. The zero-order valence-electron chi connectivity index (χ0n) is 22.9. The van der Waals surface area contributed by atoms with E-state index in [1.54, 1.807) is 17.9 Å². The Morgan fingerprint density at radius 2 is 1.76 bits per heavy atom.